The van der Waals surface area contributed by atoms with Gasteiger partial charge in [0, 0.05) is 23.7 Å². The second kappa shape index (κ2) is 10.8. The summed E-state index contributed by atoms with van der Waals surface area (Å²) in [4.78, 5) is 26.4. The van der Waals surface area contributed by atoms with Crippen LogP contribution in [0.5, 0.6) is 11.5 Å². The molecule has 0 amide bonds. The number of anilines is 2. The van der Waals surface area contributed by atoms with Crippen LogP contribution in [-0.4, -0.2) is 63.5 Å². The van der Waals surface area contributed by atoms with Crippen LogP contribution in [0, 0.1) is 11.8 Å². The molecular formula is C21H22N4NaO5P. The van der Waals surface area contributed by atoms with Gasteiger partial charge in [0.2, 0.25) is 5.95 Å². The molecule has 162 valence electrons. The number of nitrogens with zero attached hydrogens (tertiary/aromatic N) is 2. The van der Waals surface area contributed by atoms with Crippen LogP contribution in [0.1, 0.15) is 22.3 Å². The number of ether oxygens (including phenoxy) is 2. The zero-order valence-corrected chi connectivity index (χ0v) is 17.8. The molecule has 3 rings (SSSR count). The van der Waals surface area contributed by atoms with Gasteiger partial charge in [0.05, 0.1) is 25.1 Å². The Morgan fingerprint density at radius 3 is 2.31 bits per heavy atom. The van der Waals surface area contributed by atoms with E-state index in [9.17, 15) is 14.4 Å². The summed E-state index contributed by atoms with van der Waals surface area (Å²) in [5.74, 6) is 7.36. The number of methoxy groups -OCH3 is 2. The molecule has 0 bridgehead atoms. The Morgan fingerprint density at radius 2 is 1.75 bits per heavy atom. The van der Waals surface area contributed by atoms with Crippen molar-refractivity contribution >= 4 is 54.2 Å². The fourth-order valence-electron chi connectivity index (χ4n) is 2.89. The predicted molar refractivity (Wildman–Crippen MR) is 124 cm³/mol. The van der Waals surface area contributed by atoms with E-state index < -0.39 is 7.60 Å². The maximum atomic E-state index is 11.3. The van der Waals surface area contributed by atoms with Gasteiger partial charge in [0.25, 0.3) is 0 Å². The molecule has 0 aliphatic rings. The van der Waals surface area contributed by atoms with Gasteiger partial charge in [-0.2, -0.15) is 4.98 Å². The third-order valence-corrected chi connectivity index (χ3v) is 5.37. The van der Waals surface area contributed by atoms with Crippen LogP contribution in [0.4, 0.5) is 11.8 Å². The SMILES string of the molecule is COc1cc(Cc2cnc(N)nc2N)cc(C#Cc2ccc(P(=O)(O)O)cc2)c1OC.[NaH]. The fourth-order valence-corrected chi connectivity index (χ4v) is 3.42. The normalized spacial score (nSPS) is 10.5. The molecule has 0 saturated carbocycles. The first-order valence-electron chi connectivity index (χ1n) is 9.01. The summed E-state index contributed by atoms with van der Waals surface area (Å²) in [5.41, 5.74) is 14.2. The van der Waals surface area contributed by atoms with Crippen molar-refractivity contribution < 1.29 is 23.8 Å². The number of hydrogen-bond donors (Lipinski definition) is 4. The Bertz CT molecular complexity index is 1220. The van der Waals surface area contributed by atoms with E-state index in [-0.39, 0.29) is 40.8 Å². The molecule has 1 heterocycles. The monoisotopic (exact) mass is 464 g/mol. The van der Waals surface area contributed by atoms with Crippen LogP contribution >= 0.6 is 7.60 Å². The van der Waals surface area contributed by atoms with Gasteiger partial charge in [-0.15, -0.1) is 0 Å². The Kier molecular flexibility index (Phi) is 8.70. The van der Waals surface area contributed by atoms with E-state index in [1.165, 1.54) is 26.4 Å². The van der Waals surface area contributed by atoms with E-state index in [1.54, 1.807) is 18.3 Å². The van der Waals surface area contributed by atoms with Gasteiger partial charge in [-0.3, -0.25) is 4.57 Å². The van der Waals surface area contributed by atoms with Crippen molar-refractivity contribution in [1.29, 1.82) is 0 Å². The first kappa shape index (κ1) is 25.7. The van der Waals surface area contributed by atoms with Crippen molar-refractivity contribution in [3.8, 4) is 23.3 Å². The third-order valence-electron chi connectivity index (χ3n) is 4.40. The summed E-state index contributed by atoms with van der Waals surface area (Å²) in [6, 6.07) is 9.44. The first-order valence-corrected chi connectivity index (χ1v) is 10.6. The Hall–Kier alpha value is -2.57. The van der Waals surface area contributed by atoms with Crippen LogP contribution in [0.25, 0.3) is 0 Å². The van der Waals surface area contributed by atoms with Crippen molar-refractivity contribution in [2.45, 2.75) is 6.42 Å². The van der Waals surface area contributed by atoms with Gasteiger partial charge in [-0.05, 0) is 42.0 Å². The Morgan fingerprint density at radius 1 is 1.06 bits per heavy atom. The minimum atomic E-state index is -4.30. The molecule has 3 aromatic rings. The van der Waals surface area contributed by atoms with Crippen LogP contribution in [-0.2, 0) is 11.0 Å². The average Bonchev–Trinajstić information content (AvgIpc) is 2.73. The second-order valence-electron chi connectivity index (χ2n) is 6.54. The van der Waals surface area contributed by atoms with Gasteiger partial charge in [-0.1, -0.05) is 11.8 Å². The van der Waals surface area contributed by atoms with E-state index in [4.69, 9.17) is 20.9 Å². The molecule has 0 aliphatic heterocycles. The van der Waals surface area contributed by atoms with E-state index in [0.29, 0.717) is 40.4 Å². The molecule has 1 aromatic heterocycles. The molecule has 11 heteroatoms. The third kappa shape index (κ3) is 6.24. The Balaban J connectivity index is 0.00000363. The van der Waals surface area contributed by atoms with Crippen molar-refractivity contribution in [2.24, 2.45) is 0 Å². The van der Waals surface area contributed by atoms with Crippen molar-refractivity contribution in [1.82, 2.24) is 9.97 Å². The van der Waals surface area contributed by atoms with Crippen molar-refractivity contribution in [2.75, 3.05) is 25.7 Å². The van der Waals surface area contributed by atoms with Crippen LogP contribution in [0.2, 0.25) is 0 Å². The molecule has 6 N–H and O–H groups in total. The Labute approximate surface area is 207 Å². The first-order chi connectivity index (χ1) is 14.7. The number of benzene rings is 2. The van der Waals surface area contributed by atoms with E-state index >= 15 is 0 Å². The fraction of sp³-hybridized carbons (Fsp3) is 0.143. The average molecular weight is 464 g/mol. The molecule has 9 nitrogen and oxygen atoms in total. The molecule has 0 unspecified atom stereocenters. The summed E-state index contributed by atoms with van der Waals surface area (Å²) in [6.07, 6.45) is 2.00. The van der Waals surface area contributed by atoms with Gasteiger partial charge in [0.1, 0.15) is 5.82 Å². The molecule has 0 spiro atoms. The zero-order valence-electron chi connectivity index (χ0n) is 16.9. The van der Waals surface area contributed by atoms with Crippen LogP contribution in [0.3, 0.4) is 0 Å². The topological polar surface area (TPSA) is 154 Å². The summed E-state index contributed by atoms with van der Waals surface area (Å²) in [5, 5.41) is -0.0670. The van der Waals surface area contributed by atoms with E-state index in [0.717, 1.165) is 5.56 Å². The molecule has 0 radical (unpaired) electrons. The summed E-state index contributed by atoms with van der Waals surface area (Å²) in [6.45, 7) is 0. The van der Waals surface area contributed by atoms with E-state index in [2.05, 4.69) is 21.8 Å². The van der Waals surface area contributed by atoms with Gasteiger partial charge in [-0.25, -0.2) is 4.98 Å². The second-order valence-corrected chi connectivity index (χ2v) is 8.14. The van der Waals surface area contributed by atoms with Crippen LogP contribution in [0.15, 0.2) is 42.6 Å². The number of nitrogens with two attached hydrogens (primary N) is 2. The number of nitrogen functional groups attached to an aromatic ring is 2. The number of aromatic nitrogens is 2. The minimum absolute atomic E-state index is 0. The van der Waals surface area contributed by atoms with Gasteiger partial charge < -0.3 is 30.7 Å². The molecule has 0 atom stereocenters. The number of rotatable bonds is 5. The van der Waals surface area contributed by atoms with E-state index in [1.807, 2.05) is 12.1 Å². The standard InChI is InChI=1S/C21H21N4O5P.Na.H/c1-29-18-11-14(10-16-12-24-21(23)25-20(16)22)9-15(19(18)30-2)6-3-13-4-7-17(8-5-13)31(26,27)28;;/h4-5,7-9,11-12H,10H2,1-2H3,(H2,26,27,28)(H4,22,23,24,25);;. The van der Waals surface area contributed by atoms with Gasteiger partial charge in [0.15, 0.2) is 11.5 Å². The molecule has 32 heavy (non-hydrogen) atoms. The van der Waals surface area contributed by atoms with Crippen LogP contribution < -0.4 is 26.2 Å². The summed E-state index contributed by atoms with van der Waals surface area (Å²) < 4.78 is 22.2. The maximum absolute atomic E-state index is 11.3. The van der Waals surface area contributed by atoms with Gasteiger partial charge >= 0.3 is 37.2 Å². The van der Waals surface area contributed by atoms with Crippen molar-refractivity contribution in [3.05, 3.63) is 64.8 Å². The molecular weight excluding hydrogens is 442 g/mol. The predicted octanol–water partition coefficient (Wildman–Crippen LogP) is 0.803. The molecule has 0 aliphatic carbocycles. The summed E-state index contributed by atoms with van der Waals surface area (Å²) >= 11 is 0. The van der Waals surface area contributed by atoms with Crippen molar-refractivity contribution in [3.63, 3.8) is 0 Å². The molecule has 0 saturated heterocycles. The zero-order chi connectivity index (χ0) is 22.6. The number of hydrogen-bond acceptors (Lipinski definition) is 7. The molecule has 0 fully saturated rings. The quantitative estimate of drug-likeness (QED) is 0.244. The summed E-state index contributed by atoms with van der Waals surface area (Å²) in [7, 11) is -1.25. The molecule has 2 aromatic carbocycles.